The molecule has 0 saturated carbocycles. The summed E-state index contributed by atoms with van der Waals surface area (Å²) in [5.41, 5.74) is 0.774. The van der Waals surface area contributed by atoms with Gasteiger partial charge in [0.1, 0.15) is 11.6 Å². The first kappa shape index (κ1) is 20.6. The fourth-order valence-electron chi connectivity index (χ4n) is 2.63. The van der Waals surface area contributed by atoms with Crippen molar-refractivity contribution in [3.8, 4) is 11.4 Å². The maximum Gasteiger partial charge on any atom is 0.315 e. The van der Waals surface area contributed by atoms with Crippen LogP contribution in [0.1, 0.15) is 6.92 Å². The van der Waals surface area contributed by atoms with Crippen molar-refractivity contribution in [1.82, 2.24) is 20.2 Å². The average Bonchev–Trinajstić information content (AvgIpc) is 3.26. The van der Waals surface area contributed by atoms with Crippen LogP contribution in [0.4, 0.5) is 11.6 Å². The van der Waals surface area contributed by atoms with E-state index in [-0.39, 0.29) is 11.7 Å². The predicted octanol–water partition coefficient (Wildman–Crippen LogP) is 1.16. The second kappa shape index (κ2) is 9.87. The molecule has 1 saturated heterocycles. The Labute approximate surface area is 172 Å². The van der Waals surface area contributed by atoms with Crippen molar-refractivity contribution in [2.45, 2.75) is 6.92 Å². The Balaban J connectivity index is 1.77. The first-order valence-corrected chi connectivity index (χ1v) is 10.3. The molecule has 152 valence electrons. The predicted molar refractivity (Wildman–Crippen MR) is 112 cm³/mol. The Bertz CT molecular complexity index is 887. The Morgan fingerprint density at radius 3 is 2.55 bits per heavy atom. The molecule has 3 rings (SSSR count). The molecule has 1 aliphatic rings. The van der Waals surface area contributed by atoms with Crippen LogP contribution in [0.15, 0.2) is 36.4 Å². The zero-order valence-corrected chi connectivity index (χ0v) is 16.8. The quantitative estimate of drug-likeness (QED) is 0.480. The average molecular weight is 414 g/mol. The molecule has 0 atom stereocenters. The largest absolute Gasteiger partial charge is 0.368 e. The van der Waals surface area contributed by atoms with Gasteiger partial charge in [-0.25, -0.2) is 9.97 Å². The lowest BCUT2D eigenvalue weighted by Crippen LogP contribution is -2.38. The summed E-state index contributed by atoms with van der Waals surface area (Å²) in [6.45, 7) is 2.88. The van der Waals surface area contributed by atoms with Gasteiger partial charge in [0.15, 0.2) is 5.82 Å². The van der Waals surface area contributed by atoms with Crippen LogP contribution in [-0.4, -0.2) is 63.9 Å². The molecule has 1 fully saturated rings. The number of hydrogen-bond donors (Lipinski definition) is 3. The number of thioether (sulfide) groups is 1. The van der Waals surface area contributed by atoms with Gasteiger partial charge in [-0.2, -0.15) is 0 Å². The van der Waals surface area contributed by atoms with E-state index in [1.807, 2.05) is 30.3 Å². The molecule has 0 spiro atoms. The van der Waals surface area contributed by atoms with Crippen LogP contribution in [0.25, 0.3) is 11.4 Å². The normalized spacial score (nSPS) is 13.1. The molecule has 0 aliphatic carbocycles. The number of nitrogens with zero attached hydrogens (tertiary/aromatic N) is 3. The van der Waals surface area contributed by atoms with E-state index in [2.05, 4.69) is 25.9 Å². The number of hydrogen-bond acceptors (Lipinski definition) is 7. The standard InChI is InChI=1S/C19H22N6O3S/c1-13(26)20-7-8-21-15-11-16(23-17(22-15)14-5-3-2-4-6-14)24-18(27)19(28)25-9-10-29-12-25/h2-6,11H,7-10,12H2,1H3,(H,20,26)(H2,21,22,23,24,27). The number of amides is 3. The zero-order chi connectivity index (χ0) is 20.6. The summed E-state index contributed by atoms with van der Waals surface area (Å²) in [6, 6.07) is 10.9. The van der Waals surface area contributed by atoms with Crippen LogP contribution < -0.4 is 16.0 Å². The van der Waals surface area contributed by atoms with Crippen LogP contribution in [0.2, 0.25) is 0 Å². The highest BCUT2D eigenvalue weighted by Gasteiger charge is 2.25. The fraction of sp³-hybridized carbons (Fsp3) is 0.316. The summed E-state index contributed by atoms with van der Waals surface area (Å²) < 4.78 is 0. The van der Waals surface area contributed by atoms with Gasteiger partial charge in [-0.3, -0.25) is 14.4 Å². The third-order valence-corrected chi connectivity index (χ3v) is 5.00. The molecule has 1 aliphatic heterocycles. The van der Waals surface area contributed by atoms with E-state index in [1.165, 1.54) is 11.8 Å². The number of carbonyl (C=O) groups is 3. The smallest absolute Gasteiger partial charge is 0.315 e. The number of aromatic nitrogens is 2. The van der Waals surface area contributed by atoms with Gasteiger partial charge in [0.25, 0.3) is 0 Å². The molecule has 1 aromatic heterocycles. The van der Waals surface area contributed by atoms with E-state index in [0.29, 0.717) is 37.2 Å². The van der Waals surface area contributed by atoms with E-state index in [1.54, 1.807) is 17.8 Å². The fourth-order valence-corrected chi connectivity index (χ4v) is 3.58. The van der Waals surface area contributed by atoms with Crippen molar-refractivity contribution in [1.29, 1.82) is 0 Å². The van der Waals surface area contributed by atoms with Gasteiger partial charge in [-0.05, 0) is 0 Å². The Morgan fingerprint density at radius 2 is 1.86 bits per heavy atom. The highest BCUT2D eigenvalue weighted by atomic mass is 32.2. The van der Waals surface area contributed by atoms with Crippen LogP contribution in [0.3, 0.4) is 0 Å². The van der Waals surface area contributed by atoms with Gasteiger partial charge < -0.3 is 20.9 Å². The lowest BCUT2D eigenvalue weighted by Gasteiger charge is -2.14. The van der Waals surface area contributed by atoms with Gasteiger partial charge >= 0.3 is 11.8 Å². The minimum atomic E-state index is -0.727. The van der Waals surface area contributed by atoms with E-state index in [9.17, 15) is 14.4 Å². The van der Waals surface area contributed by atoms with Crippen molar-refractivity contribution < 1.29 is 14.4 Å². The molecule has 0 radical (unpaired) electrons. The minimum Gasteiger partial charge on any atom is -0.368 e. The van der Waals surface area contributed by atoms with Crippen LogP contribution in [-0.2, 0) is 14.4 Å². The molecule has 9 nitrogen and oxygen atoms in total. The van der Waals surface area contributed by atoms with Crippen molar-refractivity contribution in [3.63, 3.8) is 0 Å². The highest BCUT2D eigenvalue weighted by molar-refractivity contribution is 7.99. The molecule has 2 heterocycles. The molecular weight excluding hydrogens is 392 g/mol. The second-order valence-electron chi connectivity index (χ2n) is 6.30. The minimum absolute atomic E-state index is 0.119. The maximum absolute atomic E-state index is 12.4. The Morgan fingerprint density at radius 1 is 1.10 bits per heavy atom. The van der Waals surface area contributed by atoms with Crippen molar-refractivity contribution >= 4 is 41.1 Å². The number of anilines is 2. The number of carbonyl (C=O) groups excluding carboxylic acids is 3. The second-order valence-corrected chi connectivity index (χ2v) is 7.37. The highest BCUT2D eigenvalue weighted by Crippen LogP contribution is 2.20. The maximum atomic E-state index is 12.4. The number of benzene rings is 1. The van der Waals surface area contributed by atoms with Crippen LogP contribution in [0, 0.1) is 0 Å². The van der Waals surface area contributed by atoms with Gasteiger partial charge in [0.2, 0.25) is 5.91 Å². The molecular formula is C19H22N6O3S. The van der Waals surface area contributed by atoms with E-state index in [0.717, 1.165) is 11.3 Å². The summed E-state index contributed by atoms with van der Waals surface area (Å²) in [7, 11) is 0. The molecule has 0 unspecified atom stereocenters. The molecule has 3 amide bonds. The lowest BCUT2D eigenvalue weighted by molar-refractivity contribution is -0.142. The topological polar surface area (TPSA) is 116 Å². The van der Waals surface area contributed by atoms with Gasteiger partial charge in [-0.1, -0.05) is 30.3 Å². The van der Waals surface area contributed by atoms with E-state index in [4.69, 9.17) is 0 Å². The number of rotatable bonds is 6. The zero-order valence-electron chi connectivity index (χ0n) is 16.0. The lowest BCUT2D eigenvalue weighted by atomic mass is 10.2. The SMILES string of the molecule is CC(=O)NCCNc1cc(NC(=O)C(=O)N2CCSC2)nc(-c2ccccc2)n1. The Kier molecular flexibility index (Phi) is 7.01. The molecule has 29 heavy (non-hydrogen) atoms. The third kappa shape index (κ3) is 5.92. The van der Waals surface area contributed by atoms with E-state index < -0.39 is 11.8 Å². The summed E-state index contributed by atoms with van der Waals surface area (Å²) in [5, 5.41) is 8.36. The van der Waals surface area contributed by atoms with Crippen LogP contribution >= 0.6 is 11.8 Å². The first-order valence-electron chi connectivity index (χ1n) is 9.14. The summed E-state index contributed by atoms with van der Waals surface area (Å²) in [4.78, 5) is 46.0. The molecule has 2 aromatic rings. The molecule has 0 bridgehead atoms. The van der Waals surface area contributed by atoms with E-state index >= 15 is 0 Å². The van der Waals surface area contributed by atoms with Crippen molar-refractivity contribution in [2.75, 3.05) is 41.9 Å². The van der Waals surface area contributed by atoms with Crippen LogP contribution in [0.5, 0.6) is 0 Å². The first-order chi connectivity index (χ1) is 14.0. The van der Waals surface area contributed by atoms with Gasteiger partial charge in [0, 0.05) is 43.9 Å². The van der Waals surface area contributed by atoms with Crippen molar-refractivity contribution in [3.05, 3.63) is 36.4 Å². The summed E-state index contributed by atoms with van der Waals surface area (Å²) in [5.74, 6) is 1.04. The summed E-state index contributed by atoms with van der Waals surface area (Å²) >= 11 is 1.61. The molecule has 1 aromatic carbocycles. The monoisotopic (exact) mass is 414 g/mol. The van der Waals surface area contributed by atoms with Gasteiger partial charge in [-0.15, -0.1) is 11.8 Å². The Hall–Kier alpha value is -3.14. The van der Waals surface area contributed by atoms with Gasteiger partial charge in [0.05, 0.1) is 5.88 Å². The number of nitrogens with one attached hydrogen (secondary N) is 3. The third-order valence-electron chi connectivity index (χ3n) is 4.04. The molecule has 10 heteroatoms. The van der Waals surface area contributed by atoms with Crippen molar-refractivity contribution in [2.24, 2.45) is 0 Å². The molecule has 3 N–H and O–H groups in total. The summed E-state index contributed by atoms with van der Waals surface area (Å²) in [6.07, 6.45) is 0.